The first kappa shape index (κ1) is 24.2. The number of carbonyl (C=O) groups is 1. The van der Waals surface area contributed by atoms with Crippen molar-refractivity contribution < 1.29 is 4.79 Å². The molecule has 1 aromatic heterocycles. The SMILES string of the molecule is CC(C)CC(CC(C)C)C(=O)NCC(C)(C)C1CCN(c2ccc(C#N)nc2)CC1. The summed E-state index contributed by atoms with van der Waals surface area (Å²) in [5.74, 6) is 1.99. The van der Waals surface area contributed by atoms with E-state index in [4.69, 9.17) is 5.26 Å². The predicted octanol–water partition coefficient (Wildman–Crippen LogP) is 5.02. The fourth-order valence-electron chi connectivity index (χ4n) is 4.61. The van der Waals surface area contributed by atoms with E-state index in [2.05, 4.69) is 62.8 Å². The van der Waals surface area contributed by atoms with Crippen molar-refractivity contribution >= 4 is 11.6 Å². The first-order chi connectivity index (χ1) is 14.1. The number of anilines is 1. The van der Waals surface area contributed by atoms with E-state index in [0.717, 1.165) is 51.0 Å². The molecule has 0 spiro atoms. The monoisotopic (exact) mass is 412 g/mol. The molecule has 0 radical (unpaired) electrons. The van der Waals surface area contributed by atoms with Gasteiger partial charge in [-0.3, -0.25) is 4.79 Å². The van der Waals surface area contributed by atoms with Gasteiger partial charge in [0.25, 0.3) is 0 Å². The smallest absolute Gasteiger partial charge is 0.223 e. The van der Waals surface area contributed by atoms with Gasteiger partial charge in [-0.1, -0.05) is 41.5 Å². The number of rotatable bonds is 9. The van der Waals surface area contributed by atoms with Gasteiger partial charge in [-0.25, -0.2) is 4.98 Å². The fourth-order valence-corrected chi connectivity index (χ4v) is 4.61. The lowest BCUT2D eigenvalue weighted by molar-refractivity contribution is -0.126. The molecule has 1 aliphatic rings. The molecule has 0 bridgehead atoms. The zero-order chi connectivity index (χ0) is 22.3. The molecule has 2 heterocycles. The van der Waals surface area contributed by atoms with Gasteiger partial charge in [0.05, 0.1) is 11.9 Å². The van der Waals surface area contributed by atoms with Crippen LogP contribution in [0.5, 0.6) is 0 Å². The summed E-state index contributed by atoms with van der Waals surface area (Å²) in [7, 11) is 0. The van der Waals surface area contributed by atoms with E-state index in [1.54, 1.807) is 12.3 Å². The van der Waals surface area contributed by atoms with Crippen LogP contribution in [0.15, 0.2) is 18.3 Å². The molecule has 5 heteroatoms. The Bertz CT molecular complexity index is 700. The summed E-state index contributed by atoms with van der Waals surface area (Å²) >= 11 is 0. The first-order valence-electron chi connectivity index (χ1n) is 11.5. The van der Waals surface area contributed by atoms with Gasteiger partial charge in [-0.15, -0.1) is 0 Å². The molecule has 1 aliphatic heterocycles. The Kier molecular flexibility index (Phi) is 8.70. The predicted molar refractivity (Wildman–Crippen MR) is 123 cm³/mol. The molecule has 0 unspecified atom stereocenters. The highest BCUT2D eigenvalue weighted by atomic mass is 16.1. The lowest BCUT2D eigenvalue weighted by Gasteiger charge is -2.41. The summed E-state index contributed by atoms with van der Waals surface area (Å²) in [6.07, 6.45) is 5.92. The van der Waals surface area contributed by atoms with Crippen molar-refractivity contribution in [2.45, 2.75) is 67.2 Å². The van der Waals surface area contributed by atoms with Crippen molar-refractivity contribution in [3.8, 4) is 6.07 Å². The third-order valence-corrected chi connectivity index (χ3v) is 6.43. The lowest BCUT2D eigenvalue weighted by atomic mass is 9.73. The number of pyridine rings is 1. The van der Waals surface area contributed by atoms with Crippen LogP contribution in [0.25, 0.3) is 0 Å². The normalized spacial score (nSPS) is 15.7. The van der Waals surface area contributed by atoms with E-state index in [-0.39, 0.29) is 17.2 Å². The van der Waals surface area contributed by atoms with Crippen LogP contribution in [0.2, 0.25) is 0 Å². The van der Waals surface area contributed by atoms with Crippen LogP contribution in [0, 0.1) is 40.4 Å². The van der Waals surface area contributed by atoms with Gasteiger partial charge in [0.1, 0.15) is 11.8 Å². The summed E-state index contributed by atoms with van der Waals surface area (Å²) in [5.41, 5.74) is 1.62. The maximum Gasteiger partial charge on any atom is 0.223 e. The van der Waals surface area contributed by atoms with Gasteiger partial charge < -0.3 is 10.2 Å². The van der Waals surface area contributed by atoms with Crippen molar-refractivity contribution in [1.82, 2.24) is 10.3 Å². The molecule has 5 nitrogen and oxygen atoms in total. The van der Waals surface area contributed by atoms with Gasteiger partial charge in [-0.2, -0.15) is 5.26 Å². The molecule has 1 amide bonds. The quantitative estimate of drug-likeness (QED) is 0.618. The third kappa shape index (κ3) is 7.00. The van der Waals surface area contributed by atoms with Crippen molar-refractivity contribution in [2.75, 3.05) is 24.5 Å². The van der Waals surface area contributed by atoms with Crippen LogP contribution in [0.1, 0.15) is 72.9 Å². The van der Waals surface area contributed by atoms with E-state index >= 15 is 0 Å². The molecular formula is C25H40N4O. The van der Waals surface area contributed by atoms with E-state index in [1.807, 2.05) is 6.07 Å². The Morgan fingerprint density at radius 1 is 1.20 bits per heavy atom. The standard InChI is InChI=1S/C25H40N4O/c1-18(2)13-20(14-19(3)4)24(30)28-17-25(5,6)21-9-11-29(12-10-21)23-8-7-22(15-26)27-16-23/h7-8,16,18-21H,9-14,17H2,1-6H3,(H,28,30). The van der Waals surface area contributed by atoms with Crippen molar-refractivity contribution in [2.24, 2.45) is 29.1 Å². The zero-order valence-electron chi connectivity index (χ0n) is 19.7. The molecule has 1 saturated heterocycles. The van der Waals surface area contributed by atoms with Gasteiger partial charge in [-0.05, 0) is 61.0 Å². The van der Waals surface area contributed by atoms with E-state index < -0.39 is 0 Å². The second-order valence-corrected chi connectivity index (χ2v) is 10.4. The van der Waals surface area contributed by atoms with Crippen LogP contribution in [-0.2, 0) is 4.79 Å². The minimum atomic E-state index is 0.0743. The average Bonchev–Trinajstić information content (AvgIpc) is 2.71. The number of amides is 1. The number of hydrogen-bond donors (Lipinski definition) is 1. The summed E-state index contributed by atoms with van der Waals surface area (Å²) < 4.78 is 0. The Labute approximate surface area is 183 Å². The van der Waals surface area contributed by atoms with Gasteiger partial charge in [0.15, 0.2) is 0 Å². The molecule has 0 aliphatic carbocycles. The average molecular weight is 413 g/mol. The molecule has 0 atom stereocenters. The fraction of sp³-hybridized carbons (Fsp3) is 0.720. The van der Waals surface area contributed by atoms with Crippen molar-refractivity contribution in [3.63, 3.8) is 0 Å². The van der Waals surface area contributed by atoms with E-state index in [1.165, 1.54) is 0 Å². The summed E-state index contributed by atoms with van der Waals surface area (Å²) in [4.78, 5) is 19.4. The molecule has 166 valence electrons. The van der Waals surface area contributed by atoms with Crippen LogP contribution >= 0.6 is 0 Å². The highest BCUT2D eigenvalue weighted by Crippen LogP contribution is 2.36. The highest BCUT2D eigenvalue weighted by molar-refractivity contribution is 5.78. The molecule has 30 heavy (non-hydrogen) atoms. The van der Waals surface area contributed by atoms with Crippen molar-refractivity contribution in [1.29, 1.82) is 5.26 Å². The topological polar surface area (TPSA) is 69.0 Å². The van der Waals surface area contributed by atoms with Gasteiger partial charge in [0.2, 0.25) is 5.91 Å². The molecule has 1 aromatic rings. The minimum absolute atomic E-state index is 0.0743. The molecule has 1 fully saturated rings. The van der Waals surface area contributed by atoms with Crippen molar-refractivity contribution in [3.05, 3.63) is 24.0 Å². The number of nitriles is 1. The molecule has 0 aromatic carbocycles. The second-order valence-electron chi connectivity index (χ2n) is 10.4. The van der Waals surface area contributed by atoms with Crippen LogP contribution in [0.4, 0.5) is 5.69 Å². The number of nitrogens with one attached hydrogen (secondary N) is 1. The summed E-state index contributed by atoms with van der Waals surface area (Å²) in [5, 5.41) is 12.2. The molecule has 1 N–H and O–H groups in total. The minimum Gasteiger partial charge on any atom is -0.370 e. The number of carbonyl (C=O) groups excluding carboxylic acids is 1. The zero-order valence-corrected chi connectivity index (χ0v) is 19.7. The third-order valence-electron chi connectivity index (χ3n) is 6.43. The van der Waals surface area contributed by atoms with E-state index in [0.29, 0.717) is 23.4 Å². The Morgan fingerprint density at radius 2 is 1.80 bits per heavy atom. The summed E-state index contributed by atoms with van der Waals surface area (Å²) in [6.45, 7) is 16.1. The van der Waals surface area contributed by atoms with Gasteiger partial charge in [0, 0.05) is 25.6 Å². The number of aromatic nitrogens is 1. The highest BCUT2D eigenvalue weighted by Gasteiger charge is 2.33. The van der Waals surface area contributed by atoms with E-state index in [9.17, 15) is 4.79 Å². The summed E-state index contributed by atoms with van der Waals surface area (Å²) in [6, 6.07) is 5.84. The number of nitrogens with zero attached hydrogens (tertiary/aromatic N) is 3. The number of hydrogen-bond acceptors (Lipinski definition) is 4. The second kappa shape index (κ2) is 10.8. The Balaban J connectivity index is 1.88. The molecular weight excluding hydrogens is 372 g/mol. The molecule has 2 rings (SSSR count). The lowest BCUT2D eigenvalue weighted by Crippen LogP contribution is -2.45. The van der Waals surface area contributed by atoms with Gasteiger partial charge >= 0.3 is 0 Å². The Hall–Kier alpha value is -2.09. The maximum absolute atomic E-state index is 12.9. The first-order valence-corrected chi connectivity index (χ1v) is 11.5. The molecule has 0 saturated carbocycles. The van der Waals surface area contributed by atoms with Crippen LogP contribution in [0.3, 0.4) is 0 Å². The largest absolute Gasteiger partial charge is 0.370 e. The Morgan fingerprint density at radius 3 is 2.27 bits per heavy atom. The van der Waals surface area contributed by atoms with Crippen LogP contribution in [-0.4, -0.2) is 30.5 Å². The van der Waals surface area contributed by atoms with Crippen LogP contribution < -0.4 is 10.2 Å². The number of piperidine rings is 1. The maximum atomic E-state index is 12.9.